The van der Waals surface area contributed by atoms with Crippen LogP contribution in [-0.4, -0.2) is 34.0 Å². The number of fused-ring (bicyclic) bond motifs is 1. The Morgan fingerprint density at radius 2 is 1.82 bits per heavy atom. The van der Waals surface area contributed by atoms with E-state index in [0.29, 0.717) is 11.1 Å². The molecule has 7 nitrogen and oxygen atoms in total. The molecule has 1 amide bonds. The number of thiazole rings is 1. The molecule has 2 aromatic heterocycles. The number of hydrogen-bond donors (Lipinski definition) is 1. The van der Waals surface area contributed by atoms with Gasteiger partial charge in [0.05, 0.1) is 28.1 Å². The van der Waals surface area contributed by atoms with Gasteiger partial charge in [-0.1, -0.05) is 36.0 Å². The summed E-state index contributed by atoms with van der Waals surface area (Å²) in [5, 5.41) is 12.4. The van der Waals surface area contributed by atoms with Crippen molar-refractivity contribution in [1.82, 2.24) is 15.2 Å². The molecular formula is C25H20N4O3S2. The number of hydrogen-bond acceptors (Lipinski definition) is 8. The Morgan fingerprint density at radius 3 is 2.59 bits per heavy atom. The lowest BCUT2D eigenvalue weighted by atomic mass is 10.1. The van der Waals surface area contributed by atoms with Crippen LogP contribution in [0.1, 0.15) is 10.6 Å². The second-order valence-electron chi connectivity index (χ2n) is 7.39. The fourth-order valence-electron chi connectivity index (χ4n) is 3.32. The van der Waals surface area contributed by atoms with Gasteiger partial charge in [0.25, 0.3) is 5.22 Å². The maximum absolute atomic E-state index is 12.4. The third-order valence-corrected chi connectivity index (χ3v) is 6.86. The van der Waals surface area contributed by atoms with E-state index in [0.717, 1.165) is 39.5 Å². The lowest BCUT2D eigenvalue weighted by Gasteiger charge is -2.05. The Morgan fingerprint density at radius 1 is 1.03 bits per heavy atom. The zero-order chi connectivity index (χ0) is 23.3. The summed E-state index contributed by atoms with van der Waals surface area (Å²) in [7, 11) is 1.61. The fourth-order valence-corrected chi connectivity index (χ4v) is 4.88. The van der Waals surface area contributed by atoms with Crippen molar-refractivity contribution in [3.05, 3.63) is 83.4 Å². The topological polar surface area (TPSA) is 90.1 Å². The Kier molecular flexibility index (Phi) is 6.55. The first-order chi connectivity index (χ1) is 16.7. The van der Waals surface area contributed by atoms with Crippen molar-refractivity contribution in [2.45, 2.75) is 11.6 Å². The number of benzene rings is 3. The smallest absolute Gasteiger partial charge is 0.277 e. The molecule has 5 aromatic rings. The van der Waals surface area contributed by atoms with E-state index >= 15 is 0 Å². The lowest BCUT2D eigenvalue weighted by Crippen LogP contribution is -2.13. The Labute approximate surface area is 204 Å². The van der Waals surface area contributed by atoms with Gasteiger partial charge in [-0.25, -0.2) is 4.98 Å². The molecule has 0 fully saturated rings. The summed E-state index contributed by atoms with van der Waals surface area (Å²) in [5.41, 5.74) is 3.70. The number of ether oxygens (including phenoxy) is 1. The molecule has 0 bridgehead atoms. The van der Waals surface area contributed by atoms with Crippen LogP contribution in [0, 0.1) is 0 Å². The molecule has 0 unspecified atom stereocenters. The van der Waals surface area contributed by atoms with E-state index < -0.39 is 0 Å². The van der Waals surface area contributed by atoms with Crippen molar-refractivity contribution in [3.8, 4) is 17.2 Å². The second kappa shape index (κ2) is 10.1. The van der Waals surface area contributed by atoms with Gasteiger partial charge in [0.2, 0.25) is 11.8 Å². The first kappa shape index (κ1) is 22.1. The second-order valence-corrected chi connectivity index (χ2v) is 9.43. The number of rotatable bonds is 8. The van der Waals surface area contributed by atoms with Crippen LogP contribution in [-0.2, 0) is 11.2 Å². The van der Waals surface area contributed by atoms with Gasteiger partial charge in [-0.15, -0.1) is 21.5 Å². The van der Waals surface area contributed by atoms with Crippen LogP contribution in [0.3, 0.4) is 0 Å². The summed E-state index contributed by atoms with van der Waals surface area (Å²) in [5.74, 6) is 1.17. The van der Waals surface area contributed by atoms with Crippen molar-refractivity contribution in [1.29, 1.82) is 0 Å². The summed E-state index contributed by atoms with van der Waals surface area (Å²) in [6.07, 6.45) is 0.761. The minimum atomic E-state index is -0.145. The Bertz CT molecular complexity index is 1380. The average molecular weight is 489 g/mol. The predicted molar refractivity (Wildman–Crippen MR) is 135 cm³/mol. The van der Waals surface area contributed by atoms with E-state index in [9.17, 15) is 4.79 Å². The van der Waals surface area contributed by atoms with Crippen molar-refractivity contribution >= 4 is 44.9 Å². The number of carbonyl (C=O) groups is 1. The Hall–Kier alpha value is -3.69. The fraction of sp³-hybridized carbons (Fsp3) is 0.120. The maximum Gasteiger partial charge on any atom is 0.277 e. The third kappa shape index (κ3) is 5.27. The molecule has 34 heavy (non-hydrogen) atoms. The summed E-state index contributed by atoms with van der Waals surface area (Å²) in [6, 6.07) is 23.3. The summed E-state index contributed by atoms with van der Waals surface area (Å²) in [4.78, 5) is 17.0. The number of nitrogens with zero attached hydrogens (tertiary/aromatic N) is 3. The molecule has 0 saturated heterocycles. The van der Waals surface area contributed by atoms with Crippen molar-refractivity contribution in [3.63, 3.8) is 0 Å². The number of thioether (sulfide) groups is 1. The van der Waals surface area contributed by atoms with E-state index in [-0.39, 0.29) is 11.7 Å². The maximum atomic E-state index is 12.4. The quantitative estimate of drug-likeness (QED) is 0.281. The first-order valence-corrected chi connectivity index (χ1v) is 12.3. The number of para-hydroxylation sites is 1. The normalized spacial score (nSPS) is 11.0. The Balaban J connectivity index is 1.13. The van der Waals surface area contributed by atoms with E-state index in [4.69, 9.17) is 9.15 Å². The zero-order valence-corrected chi connectivity index (χ0v) is 19.9. The van der Waals surface area contributed by atoms with Gasteiger partial charge in [-0.05, 0) is 54.1 Å². The standard InChI is InChI=1S/C25H20N4O3S2/c1-31-19-12-8-17(9-13-19)24-28-29-25(32-24)33-15-22(30)26-18-10-6-16(7-11-18)14-23-27-20-4-2-3-5-21(20)34-23/h2-13H,14-15H2,1H3,(H,26,30). The van der Waals surface area contributed by atoms with E-state index in [2.05, 4.69) is 26.6 Å². The van der Waals surface area contributed by atoms with Gasteiger partial charge in [-0.2, -0.15) is 0 Å². The lowest BCUT2D eigenvalue weighted by molar-refractivity contribution is -0.113. The largest absolute Gasteiger partial charge is 0.497 e. The molecule has 0 aliphatic rings. The van der Waals surface area contributed by atoms with Crippen molar-refractivity contribution in [2.24, 2.45) is 0 Å². The van der Waals surface area contributed by atoms with Crippen LogP contribution in [0.15, 0.2) is 82.4 Å². The highest BCUT2D eigenvalue weighted by Gasteiger charge is 2.12. The minimum Gasteiger partial charge on any atom is -0.497 e. The number of anilines is 1. The molecule has 0 spiro atoms. The van der Waals surface area contributed by atoms with E-state index in [1.165, 1.54) is 16.5 Å². The summed E-state index contributed by atoms with van der Waals surface area (Å²) >= 11 is 2.90. The number of aromatic nitrogens is 3. The molecule has 0 aliphatic heterocycles. The monoisotopic (exact) mass is 488 g/mol. The number of methoxy groups -OCH3 is 1. The highest BCUT2D eigenvalue weighted by Crippen LogP contribution is 2.26. The number of nitrogens with one attached hydrogen (secondary N) is 1. The molecule has 0 saturated carbocycles. The molecule has 170 valence electrons. The van der Waals surface area contributed by atoms with Gasteiger partial charge in [0.1, 0.15) is 5.75 Å². The first-order valence-electron chi connectivity index (χ1n) is 10.5. The van der Waals surface area contributed by atoms with Crippen molar-refractivity contribution in [2.75, 3.05) is 18.2 Å². The average Bonchev–Trinajstić information content (AvgIpc) is 3.51. The number of amides is 1. The molecule has 0 radical (unpaired) electrons. The van der Waals surface area contributed by atoms with E-state index in [1.54, 1.807) is 18.4 Å². The van der Waals surface area contributed by atoms with Gasteiger partial charge >= 0.3 is 0 Å². The summed E-state index contributed by atoms with van der Waals surface area (Å²) < 4.78 is 12.0. The molecule has 3 aromatic carbocycles. The van der Waals surface area contributed by atoms with E-state index in [1.807, 2.05) is 66.7 Å². The van der Waals surface area contributed by atoms with Crippen LogP contribution < -0.4 is 10.1 Å². The third-order valence-electron chi connectivity index (χ3n) is 5.00. The zero-order valence-electron chi connectivity index (χ0n) is 18.2. The molecule has 5 rings (SSSR count). The number of carbonyl (C=O) groups excluding carboxylic acids is 1. The highest BCUT2D eigenvalue weighted by atomic mass is 32.2. The molecule has 2 heterocycles. The van der Waals surface area contributed by atoms with Crippen LogP contribution in [0.2, 0.25) is 0 Å². The molecule has 9 heteroatoms. The molecule has 0 atom stereocenters. The van der Waals surface area contributed by atoms with Crippen LogP contribution >= 0.6 is 23.1 Å². The molecule has 1 N–H and O–H groups in total. The van der Waals surface area contributed by atoms with Gasteiger partial charge in [0.15, 0.2) is 0 Å². The van der Waals surface area contributed by atoms with Gasteiger partial charge in [0, 0.05) is 17.7 Å². The molecular weight excluding hydrogens is 468 g/mol. The van der Waals surface area contributed by atoms with Crippen LogP contribution in [0.5, 0.6) is 5.75 Å². The van der Waals surface area contributed by atoms with Gasteiger partial charge in [-0.3, -0.25) is 4.79 Å². The van der Waals surface area contributed by atoms with Crippen LogP contribution in [0.4, 0.5) is 5.69 Å². The highest BCUT2D eigenvalue weighted by molar-refractivity contribution is 7.99. The van der Waals surface area contributed by atoms with Crippen molar-refractivity contribution < 1.29 is 13.9 Å². The molecule has 0 aliphatic carbocycles. The van der Waals surface area contributed by atoms with Gasteiger partial charge < -0.3 is 14.5 Å². The SMILES string of the molecule is COc1ccc(-c2nnc(SCC(=O)Nc3ccc(Cc4nc5ccccc5s4)cc3)o2)cc1. The summed E-state index contributed by atoms with van der Waals surface area (Å²) in [6.45, 7) is 0. The van der Waals surface area contributed by atoms with Crippen LogP contribution in [0.25, 0.3) is 21.7 Å². The minimum absolute atomic E-state index is 0.145. The predicted octanol–water partition coefficient (Wildman–Crippen LogP) is 5.68.